The van der Waals surface area contributed by atoms with E-state index in [1.54, 1.807) is 14.2 Å². The third-order valence-corrected chi connectivity index (χ3v) is 3.81. The Morgan fingerprint density at radius 3 is 3.00 bits per heavy atom. The molecule has 0 amide bonds. The molecule has 2 N–H and O–H groups in total. The number of nitrogens with zero attached hydrogens (tertiary/aromatic N) is 2. The van der Waals surface area contributed by atoms with Crippen LogP contribution in [0.2, 0.25) is 5.02 Å². The average molecular weight is 311 g/mol. The van der Waals surface area contributed by atoms with Gasteiger partial charge in [-0.15, -0.1) is 0 Å². The van der Waals surface area contributed by atoms with E-state index in [9.17, 15) is 0 Å². The van der Waals surface area contributed by atoms with Crippen LogP contribution >= 0.6 is 11.6 Å². The van der Waals surface area contributed by atoms with E-state index < -0.39 is 0 Å². The van der Waals surface area contributed by atoms with Crippen molar-refractivity contribution in [3.05, 3.63) is 23.2 Å². The van der Waals surface area contributed by atoms with E-state index in [-0.39, 0.29) is 0 Å². The molecule has 116 valence electrons. The van der Waals surface area contributed by atoms with Crippen molar-refractivity contribution in [2.75, 3.05) is 38.7 Å². The number of ether oxygens (including phenoxy) is 1. The monoisotopic (exact) mass is 310 g/mol. The summed E-state index contributed by atoms with van der Waals surface area (Å²) in [5.74, 6) is 1.71. The Balaban J connectivity index is 2.04. The zero-order valence-electron chi connectivity index (χ0n) is 12.8. The van der Waals surface area contributed by atoms with Gasteiger partial charge in [0.05, 0.1) is 12.8 Å². The molecule has 0 spiro atoms. The highest BCUT2D eigenvalue weighted by atomic mass is 35.5. The fraction of sp³-hybridized carbons (Fsp3) is 0.533. The molecular formula is C15H23ClN4O. The number of benzene rings is 1. The molecule has 1 heterocycles. The lowest BCUT2D eigenvalue weighted by molar-refractivity contribution is 0.415. The summed E-state index contributed by atoms with van der Waals surface area (Å²) < 4.78 is 5.43. The van der Waals surface area contributed by atoms with E-state index in [2.05, 4.69) is 27.4 Å². The summed E-state index contributed by atoms with van der Waals surface area (Å²) >= 11 is 6.11. The molecule has 21 heavy (non-hydrogen) atoms. The Hall–Kier alpha value is -1.62. The van der Waals surface area contributed by atoms with E-state index in [1.807, 2.05) is 18.2 Å². The van der Waals surface area contributed by atoms with Crippen LogP contribution in [0.1, 0.15) is 13.3 Å². The average Bonchev–Trinajstić information content (AvgIpc) is 2.95. The fourth-order valence-corrected chi connectivity index (χ4v) is 2.73. The molecule has 1 saturated heterocycles. The molecule has 1 fully saturated rings. The molecule has 1 aliphatic heterocycles. The van der Waals surface area contributed by atoms with Crippen molar-refractivity contribution < 1.29 is 4.74 Å². The maximum atomic E-state index is 6.11. The van der Waals surface area contributed by atoms with Gasteiger partial charge in [0.2, 0.25) is 0 Å². The number of guanidine groups is 1. The minimum Gasteiger partial charge on any atom is -0.495 e. The van der Waals surface area contributed by atoms with Crippen LogP contribution in [0, 0.1) is 0 Å². The van der Waals surface area contributed by atoms with Crippen molar-refractivity contribution >= 4 is 23.2 Å². The van der Waals surface area contributed by atoms with Gasteiger partial charge in [-0.1, -0.05) is 11.6 Å². The predicted molar refractivity (Wildman–Crippen MR) is 88.8 cm³/mol. The summed E-state index contributed by atoms with van der Waals surface area (Å²) in [5, 5.41) is 7.39. The van der Waals surface area contributed by atoms with Crippen molar-refractivity contribution in [1.29, 1.82) is 0 Å². The Labute approximate surface area is 131 Å². The summed E-state index contributed by atoms with van der Waals surface area (Å²) in [5.41, 5.74) is 1.05. The Morgan fingerprint density at radius 2 is 2.33 bits per heavy atom. The van der Waals surface area contributed by atoms with Gasteiger partial charge in [-0.2, -0.15) is 0 Å². The first-order valence-corrected chi connectivity index (χ1v) is 7.61. The molecule has 0 aliphatic carbocycles. The van der Waals surface area contributed by atoms with Crippen LogP contribution in [0.25, 0.3) is 0 Å². The maximum absolute atomic E-state index is 6.11. The van der Waals surface area contributed by atoms with Gasteiger partial charge in [0.25, 0.3) is 0 Å². The SMILES string of the molecule is CCNC(=NC)NC1CCN(c2cc(Cl)ccc2OC)C1. The van der Waals surface area contributed by atoms with Crippen LogP contribution in [0.5, 0.6) is 5.75 Å². The lowest BCUT2D eigenvalue weighted by Crippen LogP contribution is -2.44. The third-order valence-electron chi connectivity index (χ3n) is 3.58. The van der Waals surface area contributed by atoms with Gasteiger partial charge >= 0.3 is 0 Å². The number of methoxy groups -OCH3 is 1. The van der Waals surface area contributed by atoms with E-state index in [0.29, 0.717) is 6.04 Å². The van der Waals surface area contributed by atoms with Crippen LogP contribution in [0.4, 0.5) is 5.69 Å². The molecular weight excluding hydrogens is 288 g/mol. The Morgan fingerprint density at radius 1 is 1.52 bits per heavy atom. The second kappa shape index (κ2) is 7.41. The lowest BCUT2D eigenvalue weighted by Gasteiger charge is -2.22. The zero-order valence-corrected chi connectivity index (χ0v) is 13.6. The minimum absolute atomic E-state index is 0.367. The first kappa shape index (κ1) is 15.8. The summed E-state index contributed by atoms with van der Waals surface area (Å²) in [6.07, 6.45) is 1.06. The number of nitrogens with one attached hydrogen (secondary N) is 2. The molecule has 0 bridgehead atoms. The molecule has 2 rings (SSSR count). The van der Waals surface area contributed by atoms with Gasteiger partial charge in [-0.25, -0.2) is 0 Å². The normalized spacial score (nSPS) is 18.8. The van der Waals surface area contributed by atoms with Crippen LogP contribution < -0.4 is 20.3 Å². The van der Waals surface area contributed by atoms with E-state index in [1.165, 1.54) is 0 Å². The van der Waals surface area contributed by atoms with Crippen molar-refractivity contribution in [2.45, 2.75) is 19.4 Å². The Kier molecular flexibility index (Phi) is 5.56. The molecule has 1 unspecified atom stereocenters. The number of hydrogen-bond acceptors (Lipinski definition) is 3. The minimum atomic E-state index is 0.367. The van der Waals surface area contributed by atoms with Gasteiger partial charge in [-0.3, -0.25) is 4.99 Å². The van der Waals surface area contributed by atoms with E-state index in [0.717, 1.165) is 48.5 Å². The molecule has 1 aliphatic rings. The first-order valence-electron chi connectivity index (χ1n) is 7.23. The quantitative estimate of drug-likeness (QED) is 0.660. The highest BCUT2D eigenvalue weighted by Crippen LogP contribution is 2.33. The molecule has 6 heteroatoms. The summed E-state index contributed by atoms with van der Waals surface area (Å²) in [4.78, 5) is 6.51. The third kappa shape index (κ3) is 3.94. The predicted octanol–water partition coefficient (Wildman–Crippen LogP) is 2.11. The molecule has 0 aromatic heterocycles. The lowest BCUT2D eigenvalue weighted by atomic mass is 10.2. The highest BCUT2D eigenvalue weighted by Gasteiger charge is 2.25. The van der Waals surface area contributed by atoms with Crippen LogP contribution in [-0.4, -0.2) is 45.8 Å². The molecule has 1 aromatic carbocycles. The van der Waals surface area contributed by atoms with Crippen LogP contribution in [0.3, 0.4) is 0 Å². The standard InChI is InChI=1S/C15H23ClN4O/c1-4-18-15(17-2)19-12-7-8-20(10-12)13-9-11(16)5-6-14(13)21-3/h5-6,9,12H,4,7-8,10H2,1-3H3,(H2,17,18,19). The Bertz CT molecular complexity index is 506. The van der Waals surface area contributed by atoms with Crippen LogP contribution in [0.15, 0.2) is 23.2 Å². The van der Waals surface area contributed by atoms with Gasteiger partial charge in [0, 0.05) is 37.7 Å². The van der Waals surface area contributed by atoms with Crippen molar-refractivity contribution in [2.24, 2.45) is 4.99 Å². The van der Waals surface area contributed by atoms with Crippen LogP contribution in [-0.2, 0) is 0 Å². The molecule has 0 radical (unpaired) electrons. The highest BCUT2D eigenvalue weighted by molar-refractivity contribution is 6.30. The van der Waals surface area contributed by atoms with Crippen molar-refractivity contribution in [1.82, 2.24) is 10.6 Å². The molecule has 1 atom stereocenters. The molecule has 5 nitrogen and oxygen atoms in total. The maximum Gasteiger partial charge on any atom is 0.191 e. The first-order chi connectivity index (χ1) is 10.2. The van der Waals surface area contributed by atoms with Gasteiger partial charge < -0.3 is 20.3 Å². The summed E-state index contributed by atoms with van der Waals surface area (Å²) in [6, 6.07) is 6.09. The fourth-order valence-electron chi connectivity index (χ4n) is 2.56. The van der Waals surface area contributed by atoms with Crippen molar-refractivity contribution in [3.8, 4) is 5.75 Å². The van der Waals surface area contributed by atoms with E-state index >= 15 is 0 Å². The molecule has 0 saturated carbocycles. The number of aliphatic imine (C=N–C) groups is 1. The van der Waals surface area contributed by atoms with Crippen molar-refractivity contribution in [3.63, 3.8) is 0 Å². The summed E-state index contributed by atoms with van der Waals surface area (Å²) in [6.45, 7) is 4.79. The summed E-state index contributed by atoms with van der Waals surface area (Å²) in [7, 11) is 3.48. The number of halogens is 1. The second-order valence-electron chi connectivity index (χ2n) is 4.99. The smallest absolute Gasteiger partial charge is 0.191 e. The van der Waals surface area contributed by atoms with E-state index in [4.69, 9.17) is 16.3 Å². The molecule has 1 aromatic rings. The second-order valence-corrected chi connectivity index (χ2v) is 5.43. The van der Waals surface area contributed by atoms with Gasteiger partial charge in [0.15, 0.2) is 5.96 Å². The largest absolute Gasteiger partial charge is 0.495 e. The van der Waals surface area contributed by atoms with Gasteiger partial charge in [-0.05, 0) is 31.5 Å². The topological polar surface area (TPSA) is 48.9 Å². The number of hydrogen-bond donors (Lipinski definition) is 2. The van der Waals surface area contributed by atoms with Gasteiger partial charge in [0.1, 0.15) is 5.75 Å². The zero-order chi connectivity index (χ0) is 15.2. The number of anilines is 1. The number of rotatable bonds is 4.